The molecule has 2 aromatic heterocycles. The van der Waals surface area contributed by atoms with E-state index in [0.29, 0.717) is 63.5 Å². The SMILES string of the molecule is Cc1nn(-c2ccccc2)c(-n2cccc2)c1C(=O)N1CCC(C(=O)N2CCOCC2)CC1. The molecule has 3 aromatic rings. The smallest absolute Gasteiger partial charge is 0.259 e. The maximum absolute atomic E-state index is 13.7. The minimum absolute atomic E-state index is 0.0239. The number of morpholine rings is 1. The maximum Gasteiger partial charge on any atom is 0.259 e. The number of amides is 2. The van der Waals surface area contributed by atoms with E-state index in [1.165, 1.54) is 0 Å². The highest BCUT2D eigenvalue weighted by Gasteiger charge is 2.33. The van der Waals surface area contributed by atoms with E-state index in [1.54, 1.807) is 0 Å². The Morgan fingerprint density at radius 1 is 0.909 bits per heavy atom. The van der Waals surface area contributed by atoms with Gasteiger partial charge in [0, 0.05) is 44.5 Å². The van der Waals surface area contributed by atoms with Gasteiger partial charge in [0.2, 0.25) is 5.91 Å². The first-order chi connectivity index (χ1) is 16.1. The van der Waals surface area contributed by atoms with Crippen molar-refractivity contribution in [1.82, 2.24) is 24.1 Å². The van der Waals surface area contributed by atoms with Gasteiger partial charge in [0.1, 0.15) is 5.56 Å². The molecular weight excluding hydrogens is 418 g/mol. The van der Waals surface area contributed by atoms with Crippen LogP contribution >= 0.6 is 0 Å². The monoisotopic (exact) mass is 447 g/mol. The Morgan fingerprint density at radius 3 is 2.24 bits per heavy atom. The molecule has 2 saturated heterocycles. The molecule has 1 aromatic carbocycles. The van der Waals surface area contributed by atoms with Crippen molar-refractivity contribution in [1.29, 1.82) is 0 Å². The maximum atomic E-state index is 13.7. The van der Waals surface area contributed by atoms with Gasteiger partial charge in [0.15, 0.2) is 5.82 Å². The number of hydrogen-bond acceptors (Lipinski definition) is 4. The Morgan fingerprint density at radius 2 is 1.58 bits per heavy atom. The molecule has 2 amide bonds. The van der Waals surface area contributed by atoms with Crippen LogP contribution in [0.5, 0.6) is 0 Å². The number of carbonyl (C=O) groups excluding carboxylic acids is 2. The molecule has 0 aliphatic carbocycles. The van der Waals surface area contributed by atoms with Crippen LogP contribution in [-0.4, -0.2) is 75.4 Å². The van der Waals surface area contributed by atoms with E-state index < -0.39 is 0 Å². The zero-order valence-corrected chi connectivity index (χ0v) is 18.9. The number of carbonyl (C=O) groups is 2. The van der Waals surface area contributed by atoms with Gasteiger partial charge in [-0.25, -0.2) is 4.68 Å². The number of aromatic nitrogens is 3. The fourth-order valence-electron chi connectivity index (χ4n) is 4.76. The van der Waals surface area contributed by atoms with Gasteiger partial charge in [-0.05, 0) is 44.0 Å². The van der Waals surface area contributed by atoms with Crippen molar-refractivity contribution < 1.29 is 14.3 Å². The minimum Gasteiger partial charge on any atom is -0.378 e. The van der Waals surface area contributed by atoms with Crippen LogP contribution in [0.3, 0.4) is 0 Å². The van der Waals surface area contributed by atoms with Crippen molar-refractivity contribution >= 4 is 11.8 Å². The van der Waals surface area contributed by atoms with Crippen molar-refractivity contribution in [2.75, 3.05) is 39.4 Å². The van der Waals surface area contributed by atoms with Crippen LogP contribution < -0.4 is 0 Å². The van der Waals surface area contributed by atoms with E-state index >= 15 is 0 Å². The number of ether oxygens (including phenoxy) is 1. The van der Waals surface area contributed by atoms with Crippen LogP contribution in [0.4, 0.5) is 0 Å². The number of aryl methyl sites for hydroxylation is 1. The summed E-state index contributed by atoms with van der Waals surface area (Å²) in [6, 6.07) is 13.7. The topological polar surface area (TPSA) is 72.6 Å². The molecule has 0 atom stereocenters. The van der Waals surface area contributed by atoms with Gasteiger partial charge in [-0.2, -0.15) is 5.10 Å². The normalized spacial score (nSPS) is 17.4. The molecule has 33 heavy (non-hydrogen) atoms. The highest BCUT2D eigenvalue weighted by Crippen LogP contribution is 2.27. The van der Waals surface area contributed by atoms with E-state index in [1.807, 2.05) is 80.8 Å². The summed E-state index contributed by atoms with van der Waals surface area (Å²) in [6.45, 7) is 5.56. The molecule has 0 N–H and O–H groups in total. The molecular formula is C25H29N5O3. The molecule has 8 heteroatoms. The molecule has 172 valence electrons. The average Bonchev–Trinajstić information content (AvgIpc) is 3.52. The summed E-state index contributed by atoms with van der Waals surface area (Å²) in [7, 11) is 0. The van der Waals surface area contributed by atoms with Crippen LogP contribution in [0.1, 0.15) is 28.9 Å². The number of piperidine rings is 1. The van der Waals surface area contributed by atoms with Gasteiger partial charge in [-0.15, -0.1) is 0 Å². The molecule has 5 rings (SSSR count). The molecule has 0 bridgehead atoms. The number of benzene rings is 1. The third kappa shape index (κ3) is 4.18. The Bertz CT molecular complexity index is 1110. The van der Waals surface area contributed by atoms with Crippen molar-refractivity contribution in [3.8, 4) is 11.5 Å². The first-order valence-corrected chi connectivity index (χ1v) is 11.6. The lowest BCUT2D eigenvalue weighted by molar-refractivity contribution is -0.141. The summed E-state index contributed by atoms with van der Waals surface area (Å²) in [5.41, 5.74) is 2.20. The number of nitrogens with zero attached hydrogens (tertiary/aromatic N) is 5. The van der Waals surface area contributed by atoms with Crippen molar-refractivity contribution in [2.24, 2.45) is 5.92 Å². The summed E-state index contributed by atoms with van der Waals surface area (Å²) in [4.78, 5) is 30.4. The first-order valence-electron chi connectivity index (χ1n) is 11.6. The Kier molecular flexibility index (Phi) is 6.00. The lowest BCUT2D eigenvalue weighted by Gasteiger charge is -2.35. The molecule has 2 fully saturated rings. The number of rotatable bonds is 4. The minimum atomic E-state index is -0.0318. The Labute approximate surface area is 193 Å². The Hall–Kier alpha value is -3.39. The lowest BCUT2D eigenvalue weighted by atomic mass is 9.94. The number of likely N-dealkylation sites (tertiary alicyclic amines) is 1. The van der Waals surface area contributed by atoms with Crippen molar-refractivity contribution in [3.63, 3.8) is 0 Å². The van der Waals surface area contributed by atoms with Crippen LogP contribution in [0.25, 0.3) is 11.5 Å². The van der Waals surface area contributed by atoms with Gasteiger partial charge in [-0.1, -0.05) is 18.2 Å². The summed E-state index contributed by atoms with van der Waals surface area (Å²) in [5.74, 6) is 0.881. The predicted molar refractivity (Wildman–Crippen MR) is 124 cm³/mol. The van der Waals surface area contributed by atoms with Gasteiger partial charge in [0.25, 0.3) is 5.91 Å². The molecule has 8 nitrogen and oxygen atoms in total. The number of para-hydroxylation sites is 1. The van der Waals surface area contributed by atoms with E-state index in [9.17, 15) is 9.59 Å². The summed E-state index contributed by atoms with van der Waals surface area (Å²) < 4.78 is 9.14. The average molecular weight is 448 g/mol. The van der Waals surface area contributed by atoms with Crippen LogP contribution in [0.15, 0.2) is 54.9 Å². The van der Waals surface area contributed by atoms with Gasteiger partial charge >= 0.3 is 0 Å². The third-order valence-electron chi connectivity index (χ3n) is 6.55. The number of hydrogen-bond donors (Lipinski definition) is 0. The summed E-state index contributed by atoms with van der Waals surface area (Å²) in [5, 5.41) is 4.73. The third-order valence-corrected chi connectivity index (χ3v) is 6.55. The highest BCUT2D eigenvalue weighted by atomic mass is 16.5. The van der Waals surface area contributed by atoms with E-state index in [0.717, 1.165) is 11.5 Å². The lowest BCUT2D eigenvalue weighted by Crippen LogP contribution is -2.47. The zero-order valence-electron chi connectivity index (χ0n) is 18.9. The van der Waals surface area contributed by atoms with E-state index in [-0.39, 0.29) is 17.7 Å². The standard InChI is InChI=1S/C25H29N5O3/c1-19-22(23(27-11-5-6-12-27)30(26-19)21-7-3-2-4-8-21)25(32)28-13-9-20(10-14-28)24(31)29-15-17-33-18-16-29/h2-8,11-12,20H,9-10,13-18H2,1H3. The van der Waals surface area contributed by atoms with Crippen LogP contribution in [-0.2, 0) is 9.53 Å². The summed E-state index contributed by atoms with van der Waals surface area (Å²) >= 11 is 0. The second-order valence-electron chi connectivity index (χ2n) is 8.63. The van der Waals surface area contributed by atoms with Gasteiger partial charge in [0.05, 0.1) is 24.6 Å². The molecule has 0 unspecified atom stereocenters. The molecule has 0 spiro atoms. The first kappa shape index (κ1) is 21.5. The van der Waals surface area contributed by atoms with Gasteiger partial charge in [-0.3, -0.25) is 9.59 Å². The molecule has 0 saturated carbocycles. The highest BCUT2D eigenvalue weighted by molar-refractivity contribution is 5.99. The quantitative estimate of drug-likeness (QED) is 0.617. The molecule has 4 heterocycles. The van der Waals surface area contributed by atoms with Crippen LogP contribution in [0, 0.1) is 12.8 Å². The van der Waals surface area contributed by atoms with Crippen molar-refractivity contribution in [3.05, 3.63) is 66.1 Å². The van der Waals surface area contributed by atoms with E-state index in [2.05, 4.69) is 0 Å². The second kappa shape index (κ2) is 9.23. The largest absolute Gasteiger partial charge is 0.378 e. The van der Waals surface area contributed by atoms with Crippen LogP contribution in [0.2, 0.25) is 0 Å². The fraction of sp³-hybridized carbons (Fsp3) is 0.400. The molecule has 0 radical (unpaired) electrons. The van der Waals surface area contributed by atoms with Gasteiger partial charge < -0.3 is 19.1 Å². The Balaban J connectivity index is 1.38. The second-order valence-corrected chi connectivity index (χ2v) is 8.63. The summed E-state index contributed by atoms with van der Waals surface area (Å²) in [6.07, 6.45) is 5.24. The fourth-order valence-corrected chi connectivity index (χ4v) is 4.76. The van der Waals surface area contributed by atoms with E-state index in [4.69, 9.17) is 9.84 Å². The predicted octanol–water partition coefficient (Wildman–Crippen LogP) is 2.68. The molecule has 2 aliphatic heterocycles. The molecule has 2 aliphatic rings. The van der Waals surface area contributed by atoms with Crippen molar-refractivity contribution in [2.45, 2.75) is 19.8 Å². The zero-order chi connectivity index (χ0) is 22.8.